The zero-order valence-corrected chi connectivity index (χ0v) is 4.51. The minimum atomic E-state index is -0.944. The van der Waals surface area contributed by atoms with Gasteiger partial charge in [-0.3, -0.25) is 5.84 Å². The van der Waals surface area contributed by atoms with Crippen molar-refractivity contribution in [3.63, 3.8) is 0 Å². The summed E-state index contributed by atoms with van der Waals surface area (Å²) in [5.41, 5.74) is 4.22. The van der Waals surface area contributed by atoms with E-state index in [2.05, 4.69) is 0 Å². The van der Waals surface area contributed by atoms with Gasteiger partial charge in [-0.15, -0.1) is 0 Å². The first-order chi connectivity index (χ1) is 2.94. The van der Waals surface area contributed by atoms with E-state index in [1.807, 2.05) is 0 Å². The highest BCUT2D eigenvalue weighted by Crippen LogP contribution is 1.95. The average molecular weight is 104 g/mol. The Bertz CT molecular complexity index is 55.7. The summed E-state index contributed by atoms with van der Waals surface area (Å²) in [6.45, 7) is 3.06. The zero-order valence-electron chi connectivity index (χ0n) is 4.51. The van der Waals surface area contributed by atoms with E-state index >= 15 is 0 Å². The van der Waals surface area contributed by atoms with Gasteiger partial charge in [0, 0.05) is 0 Å². The molecule has 0 amide bonds. The molecule has 0 aromatic carbocycles. The molecule has 0 radical (unpaired) electrons. The lowest BCUT2D eigenvalue weighted by Crippen LogP contribution is -2.51. The monoisotopic (exact) mass is 104 g/mol. The molecule has 7 heavy (non-hydrogen) atoms. The van der Waals surface area contributed by atoms with Gasteiger partial charge in [-0.05, 0) is 13.8 Å². The molecule has 0 unspecified atom stereocenters. The van der Waals surface area contributed by atoms with Crippen LogP contribution in [-0.2, 0) is 0 Å². The van der Waals surface area contributed by atoms with Crippen LogP contribution < -0.4 is 11.6 Å². The Morgan fingerprint density at radius 2 is 1.71 bits per heavy atom. The summed E-state index contributed by atoms with van der Waals surface area (Å²) in [6.07, 6.45) is 0. The fraction of sp³-hybridized carbons (Fsp3) is 1.00. The Labute approximate surface area is 42.6 Å². The van der Waals surface area contributed by atoms with E-state index in [1.165, 1.54) is 13.8 Å². The number of hydrogen-bond acceptors (Lipinski definition) is 4. The normalized spacial score (nSPS) is 12.9. The maximum atomic E-state index is 10.0. The molecule has 0 aromatic heterocycles. The first kappa shape index (κ1) is 6.84. The summed E-state index contributed by atoms with van der Waals surface area (Å²) in [5.74, 6) is 4.72. The standard InChI is InChI=1S/C3H10N3O/c1-3(2,4)6(5)7/h4-5H2,1-2H3/q-1. The van der Waals surface area contributed by atoms with Gasteiger partial charge >= 0.3 is 0 Å². The lowest BCUT2D eigenvalue weighted by Gasteiger charge is -2.35. The van der Waals surface area contributed by atoms with Crippen molar-refractivity contribution in [2.45, 2.75) is 19.5 Å². The molecule has 0 aromatic rings. The van der Waals surface area contributed by atoms with Crippen LogP contribution in [0.4, 0.5) is 0 Å². The number of hydrogen-bond donors (Lipinski definition) is 2. The van der Waals surface area contributed by atoms with Crippen molar-refractivity contribution in [2.24, 2.45) is 11.6 Å². The smallest absolute Gasteiger partial charge is 0.0639 e. The predicted molar refractivity (Wildman–Crippen MR) is 27.7 cm³/mol. The second kappa shape index (κ2) is 1.75. The minimum absolute atomic E-state index is 0.215. The fourth-order valence-electron chi connectivity index (χ4n) is 0. The molecule has 0 rings (SSSR count). The van der Waals surface area contributed by atoms with Gasteiger partial charge in [0.05, 0.1) is 5.66 Å². The van der Waals surface area contributed by atoms with Crippen LogP contribution in [0, 0.1) is 5.21 Å². The van der Waals surface area contributed by atoms with E-state index in [4.69, 9.17) is 11.6 Å². The van der Waals surface area contributed by atoms with E-state index in [0.29, 0.717) is 0 Å². The maximum Gasteiger partial charge on any atom is 0.0639 e. The molecule has 0 aliphatic heterocycles. The van der Waals surface area contributed by atoms with Gasteiger partial charge in [0.15, 0.2) is 0 Å². The van der Waals surface area contributed by atoms with Crippen molar-refractivity contribution in [2.75, 3.05) is 0 Å². The van der Waals surface area contributed by atoms with Gasteiger partial charge in [-0.25, -0.2) is 0 Å². The predicted octanol–water partition coefficient (Wildman–Crippen LogP) is -0.645. The lowest BCUT2D eigenvalue weighted by molar-refractivity contribution is 0.197. The third-order valence-corrected chi connectivity index (χ3v) is 0.568. The van der Waals surface area contributed by atoms with Crippen molar-refractivity contribution in [3.05, 3.63) is 5.21 Å². The van der Waals surface area contributed by atoms with E-state index in [-0.39, 0.29) is 5.17 Å². The third-order valence-electron chi connectivity index (χ3n) is 0.568. The van der Waals surface area contributed by atoms with Crippen LogP contribution in [0.5, 0.6) is 0 Å². The van der Waals surface area contributed by atoms with Gasteiger partial charge in [0.25, 0.3) is 0 Å². The molecular weight excluding hydrogens is 94.1 g/mol. The van der Waals surface area contributed by atoms with Crippen LogP contribution in [0.15, 0.2) is 0 Å². The molecule has 0 saturated heterocycles. The van der Waals surface area contributed by atoms with Crippen LogP contribution in [0.3, 0.4) is 0 Å². The van der Waals surface area contributed by atoms with E-state index in [1.54, 1.807) is 0 Å². The van der Waals surface area contributed by atoms with Crippen LogP contribution in [-0.4, -0.2) is 10.8 Å². The Hall–Kier alpha value is -0.160. The van der Waals surface area contributed by atoms with Crippen molar-refractivity contribution < 1.29 is 0 Å². The molecule has 4 nitrogen and oxygen atoms in total. The molecule has 4 heteroatoms. The topological polar surface area (TPSA) is 78.3 Å². The van der Waals surface area contributed by atoms with Crippen LogP contribution in [0.2, 0.25) is 0 Å². The Kier molecular flexibility index (Phi) is 1.71. The molecule has 0 bridgehead atoms. The largest absolute Gasteiger partial charge is 0.770 e. The summed E-state index contributed by atoms with van der Waals surface area (Å²) in [6, 6.07) is 0. The van der Waals surface area contributed by atoms with Crippen LogP contribution >= 0.6 is 0 Å². The molecule has 0 spiro atoms. The molecule has 4 N–H and O–H groups in total. The number of rotatable bonds is 1. The maximum absolute atomic E-state index is 10.0. The Balaban J connectivity index is 3.54. The first-order valence-electron chi connectivity index (χ1n) is 1.95. The summed E-state index contributed by atoms with van der Waals surface area (Å²) >= 11 is 0. The molecule has 0 atom stereocenters. The van der Waals surface area contributed by atoms with Gasteiger partial charge < -0.3 is 16.1 Å². The third kappa shape index (κ3) is 2.52. The SMILES string of the molecule is CC(C)(N)N(N)[O-]. The zero-order chi connectivity index (χ0) is 6.08. The summed E-state index contributed by atoms with van der Waals surface area (Å²) in [5, 5.41) is 10.2. The van der Waals surface area contributed by atoms with E-state index in [0.717, 1.165) is 0 Å². The van der Waals surface area contributed by atoms with Gasteiger partial charge in [0.2, 0.25) is 0 Å². The van der Waals surface area contributed by atoms with E-state index in [9.17, 15) is 5.21 Å². The van der Waals surface area contributed by atoms with Crippen molar-refractivity contribution >= 4 is 0 Å². The molecule has 0 fully saturated rings. The van der Waals surface area contributed by atoms with Gasteiger partial charge in [-0.2, -0.15) is 0 Å². The second-order valence-corrected chi connectivity index (χ2v) is 1.98. The number of nitrogens with two attached hydrogens (primary N) is 2. The molecular formula is C3H10N3O-. The lowest BCUT2D eigenvalue weighted by atomic mass is 10.3. The molecule has 0 heterocycles. The van der Waals surface area contributed by atoms with Crippen LogP contribution in [0.1, 0.15) is 13.8 Å². The Morgan fingerprint density at radius 3 is 1.71 bits per heavy atom. The number of hydroxylamine groups is 1. The number of nitrogens with zero attached hydrogens (tertiary/aromatic N) is 1. The average Bonchev–Trinajstić information content (AvgIpc) is 1.31. The number of hydrazine groups is 1. The van der Waals surface area contributed by atoms with Crippen LogP contribution in [0.25, 0.3) is 0 Å². The van der Waals surface area contributed by atoms with E-state index < -0.39 is 5.66 Å². The highest BCUT2D eigenvalue weighted by Gasteiger charge is 2.07. The fourth-order valence-corrected chi connectivity index (χ4v) is 0. The summed E-state index contributed by atoms with van der Waals surface area (Å²) in [7, 11) is 0. The summed E-state index contributed by atoms with van der Waals surface area (Å²) < 4.78 is 0. The first-order valence-corrected chi connectivity index (χ1v) is 1.95. The molecule has 0 saturated carbocycles. The van der Waals surface area contributed by atoms with Gasteiger partial charge in [-0.1, -0.05) is 0 Å². The molecule has 0 aliphatic rings. The van der Waals surface area contributed by atoms with Crippen molar-refractivity contribution in [1.82, 2.24) is 5.17 Å². The van der Waals surface area contributed by atoms with Crippen molar-refractivity contribution in [1.29, 1.82) is 0 Å². The molecule has 0 aliphatic carbocycles. The Morgan fingerprint density at radius 1 is 1.57 bits per heavy atom. The van der Waals surface area contributed by atoms with Crippen molar-refractivity contribution in [3.8, 4) is 0 Å². The highest BCUT2D eigenvalue weighted by molar-refractivity contribution is 4.68. The molecule has 44 valence electrons. The highest BCUT2D eigenvalue weighted by atomic mass is 16.5. The quantitative estimate of drug-likeness (QED) is 0.263. The minimum Gasteiger partial charge on any atom is -0.770 e. The van der Waals surface area contributed by atoms with Gasteiger partial charge in [0.1, 0.15) is 0 Å². The second-order valence-electron chi connectivity index (χ2n) is 1.98. The summed E-state index contributed by atoms with van der Waals surface area (Å²) in [4.78, 5) is 0.